The fourth-order valence-corrected chi connectivity index (χ4v) is 7.85. The first-order valence-corrected chi connectivity index (χ1v) is 17.5. The van der Waals surface area contributed by atoms with Crippen molar-refractivity contribution in [1.82, 2.24) is 0 Å². The number of benzene rings is 2. The van der Waals surface area contributed by atoms with Gasteiger partial charge in [0.1, 0.15) is 11.1 Å². The lowest BCUT2D eigenvalue weighted by Crippen LogP contribution is -3.62. The highest BCUT2D eigenvalue weighted by Gasteiger charge is 2.97. The second kappa shape index (κ2) is 17.9. The third-order valence-corrected chi connectivity index (χ3v) is 11.8. The van der Waals surface area contributed by atoms with E-state index >= 15 is 17.6 Å². The van der Waals surface area contributed by atoms with Gasteiger partial charge in [0, 0.05) is 0 Å². The molecule has 0 saturated heterocycles. The monoisotopic (exact) mass is 1340 g/mol. The summed E-state index contributed by atoms with van der Waals surface area (Å²) in [6.07, 6.45) is -16.8. The lowest BCUT2D eigenvalue weighted by atomic mass is 9.87. The first kappa shape index (κ1) is 66.7. The minimum Gasteiger partial charge on any atom is -1.00 e. The van der Waals surface area contributed by atoms with Gasteiger partial charge in [0.2, 0.25) is 30.4 Å². The normalized spacial score (nSPS) is 15.6. The summed E-state index contributed by atoms with van der Waals surface area (Å²) < 4.78 is 579. The lowest BCUT2D eigenvalue weighted by molar-refractivity contribution is -0.609. The van der Waals surface area contributed by atoms with E-state index in [0.717, 1.165) is 0 Å². The zero-order valence-corrected chi connectivity index (χ0v) is 34.4. The summed E-state index contributed by atoms with van der Waals surface area (Å²) in [6.45, 7) is 0. The first-order chi connectivity index (χ1) is 30.5. The topological polar surface area (TPSA) is 0 Å². The molecular formula is C28BrF42I. The van der Waals surface area contributed by atoms with Gasteiger partial charge in [-0.05, 0) is 0 Å². The summed E-state index contributed by atoms with van der Waals surface area (Å²) in [5.41, 5.74) is -10.5. The molecule has 2 aromatic rings. The van der Waals surface area contributed by atoms with Crippen molar-refractivity contribution in [1.29, 1.82) is 0 Å². The average Bonchev–Trinajstić information content (AvgIpc) is 3.18. The van der Waals surface area contributed by atoms with Crippen LogP contribution in [0.5, 0.6) is 0 Å². The summed E-state index contributed by atoms with van der Waals surface area (Å²) in [5, 5.41) is 0. The van der Waals surface area contributed by atoms with Crippen LogP contribution in [-0.2, 0) is 11.8 Å². The van der Waals surface area contributed by atoms with Crippen LogP contribution in [-0.4, -0.2) is 83.4 Å². The van der Waals surface area contributed by atoms with E-state index in [1.807, 2.05) is 0 Å². The van der Waals surface area contributed by atoms with Gasteiger partial charge in [-0.15, -0.1) is 0 Å². The number of hydrogen-bond acceptors (Lipinski definition) is 0. The molecule has 0 aliphatic rings. The van der Waals surface area contributed by atoms with Crippen molar-refractivity contribution in [2.75, 3.05) is 0 Å². The molecule has 0 aliphatic heterocycles. The van der Waals surface area contributed by atoms with Crippen LogP contribution in [0.15, 0.2) is 0 Å². The molecule has 2 rings (SSSR count). The molecule has 44 heteroatoms. The molecule has 0 spiro atoms. The number of rotatable bonds is 16. The molecule has 0 unspecified atom stereocenters. The maximum absolute atomic E-state index is 15.3. The Labute approximate surface area is 382 Å². The molecule has 0 saturated carbocycles. The second-order valence-electron chi connectivity index (χ2n) is 13.0. The molecule has 72 heavy (non-hydrogen) atoms. The van der Waals surface area contributed by atoms with Crippen LogP contribution in [0.3, 0.4) is 0 Å². The SMILES string of the molecule is Fc1c(F)c(F)c(C(F)(F)C(F)(F)C(F)(F)C(F)(F)C(F)(F)C(F)(F)C(F)(F)C(F)(F)F)c([I+]c2c(F)c(F)c(F)c(F)c2C(F)(F)C(F)(F)C(F)(F)C(F)(F)C(F)(F)C(F)(F)C(F)(F)C(F)(F)F)c1F.[Br-]. The largest absolute Gasteiger partial charge is 1.00 e. The fourth-order valence-electron chi connectivity index (χ4n) is 4.67. The van der Waals surface area contributed by atoms with Gasteiger partial charge in [-0.1, -0.05) is 0 Å². The molecule has 0 radical (unpaired) electrons. The molecule has 420 valence electrons. The molecule has 2 aromatic carbocycles. The zero-order chi connectivity index (χ0) is 57.6. The van der Waals surface area contributed by atoms with E-state index in [9.17, 15) is 167 Å². The Kier molecular flexibility index (Phi) is 16.6. The quantitative estimate of drug-likeness (QED) is 0.0683. The predicted octanol–water partition coefficient (Wildman–Crippen LogP) is 8.86. The van der Waals surface area contributed by atoms with Crippen molar-refractivity contribution in [3.05, 3.63) is 64.8 Å². The Morgan fingerprint density at radius 3 is 0.528 bits per heavy atom. The van der Waals surface area contributed by atoms with Gasteiger partial charge in [-0.25, -0.2) is 26.3 Å². The molecule has 0 heterocycles. The Morgan fingerprint density at radius 1 is 0.194 bits per heavy atom. The van der Waals surface area contributed by atoms with E-state index in [-0.39, 0.29) is 17.0 Å². The van der Waals surface area contributed by atoms with Crippen LogP contribution < -0.4 is 38.2 Å². The Balaban J connectivity index is 0.0000259. The Morgan fingerprint density at radius 2 is 0.347 bits per heavy atom. The average molecular weight is 1340 g/mol. The Bertz CT molecular complexity index is 2220. The molecule has 0 N–H and O–H groups in total. The van der Waals surface area contributed by atoms with Crippen molar-refractivity contribution in [3.8, 4) is 0 Å². The second-order valence-corrected chi connectivity index (χ2v) is 15.7. The van der Waals surface area contributed by atoms with Crippen LogP contribution in [0, 0.1) is 53.7 Å². The van der Waals surface area contributed by atoms with Crippen molar-refractivity contribution in [3.63, 3.8) is 0 Å². The number of alkyl halides is 34. The van der Waals surface area contributed by atoms with Crippen LogP contribution in [0.25, 0.3) is 0 Å². The van der Waals surface area contributed by atoms with Crippen molar-refractivity contribution in [2.24, 2.45) is 0 Å². The minimum absolute atomic E-state index is 0. The molecule has 0 nitrogen and oxygen atoms in total. The molecule has 0 atom stereocenters. The van der Waals surface area contributed by atoms with Gasteiger partial charge < -0.3 is 17.0 Å². The molecule has 0 aliphatic carbocycles. The van der Waals surface area contributed by atoms with Gasteiger partial charge in [0.05, 0.1) is 0 Å². The smallest absolute Gasteiger partial charge is 0.460 e. The van der Waals surface area contributed by atoms with Gasteiger partial charge in [0.25, 0.3) is 0 Å². The van der Waals surface area contributed by atoms with Gasteiger partial charge in [0.15, 0.2) is 23.3 Å². The van der Waals surface area contributed by atoms with Crippen molar-refractivity contribution in [2.45, 2.75) is 95.3 Å². The third-order valence-electron chi connectivity index (χ3n) is 8.68. The molecule has 0 amide bonds. The summed E-state index contributed by atoms with van der Waals surface area (Å²) in [5.74, 6) is -168. The fraction of sp³-hybridized carbons (Fsp3) is 0.571. The molecular weight excluding hydrogens is 1340 g/mol. The zero-order valence-electron chi connectivity index (χ0n) is 30.6. The predicted molar refractivity (Wildman–Crippen MR) is 129 cm³/mol. The van der Waals surface area contributed by atoms with Gasteiger partial charge in [-0.2, -0.15) is 158 Å². The van der Waals surface area contributed by atoms with Crippen LogP contribution in [0.4, 0.5) is 184 Å². The molecule has 0 fully saturated rings. The molecule has 0 bridgehead atoms. The van der Waals surface area contributed by atoms with E-state index in [0.29, 0.717) is 0 Å². The van der Waals surface area contributed by atoms with Crippen LogP contribution >= 0.6 is 0 Å². The molecule has 0 aromatic heterocycles. The summed E-state index contributed by atoms with van der Waals surface area (Å²) in [4.78, 5) is 0. The number of halogens is 44. The lowest BCUT2D eigenvalue weighted by Gasteiger charge is -2.42. The van der Waals surface area contributed by atoms with E-state index in [4.69, 9.17) is 0 Å². The highest BCUT2D eigenvalue weighted by atomic mass is 127. The van der Waals surface area contributed by atoms with E-state index in [1.54, 1.807) is 0 Å². The summed E-state index contributed by atoms with van der Waals surface area (Å²) >= 11 is -6.17. The standard InChI is InChI=1S/C28F42I.BrH/c29-3-1(13(37,38)15(41,42)17(45,46)19(49,50)21(53,54)23(57,58)25(61,62)27(65,66)67)11(9(35)7(33)5(3)31)71-12-2(4(30)6(32)8(34)10(12)36)14(39,40)16(43,44)18(47,48)20(51,52)22(55,56)24(59,60)26(63,64)28(68,69)70;/h;1H/q+1;/p-1. The van der Waals surface area contributed by atoms with Crippen molar-refractivity contribution >= 4 is 0 Å². The summed E-state index contributed by atoms with van der Waals surface area (Å²) in [7, 11) is 0. The van der Waals surface area contributed by atoms with E-state index < -0.39 is 181 Å². The van der Waals surface area contributed by atoms with Crippen LogP contribution in [0.2, 0.25) is 0 Å². The first-order valence-electron chi connectivity index (χ1n) is 15.3. The number of hydrogen-bond donors (Lipinski definition) is 0. The van der Waals surface area contributed by atoms with Crippen molar-refractivity contribution < 1.29 is 223 Å². The summed E-state index contributed by atoms with van der Waals surface area (Å²) in [6, 6.07) is 0. The highest BCUT2D eigenvalue weighted by Crippen LogP contribution is 2.67. The van der Waals surface area contributed by atoms with E-state index in [2.05, 4.69) is 0 Å². The van der Waals surface area contributed by atoms with Gasteiger partial charge in [-0.3, -0.25) is 0 Å². The third kappa shape index (κ3) is 8.26. The maximum atomic E-state index is 15.3. The maximum Gasteiger partial charge on any atom is 0.460 e. The van der Waals surface area contributed by atoms with Gasteiger partial charge >= 0.3 is 116 Å². The minimum atomic E-state index is -9.78. The Hall–Kier alpha value is -3.29. The van der Waals surface area contributed by atoms with Crippen LogP contribution in [0.1, 0.15) is 11.1 Å². The van der Waals surface area contributed by atoms with E-state index in [1.165, 1.54) is 0 Å². The highest BCUT2D eigenvalue weighted by molar-refractivity contribution is 5.33.